The van der Waals surface area contributed by atoms with E-state index in [1.807, 2.05) is 6.92 Å². The van der Waals surface area contributed by atoms with Crippen molar-refractivity contribution in [2.45, 2.75) is 33.1 Å². The van der Waals surface area contributed by atoms with Gasteiger partial charge in [0.2, 0.25) is 5.91 Å². The largest absolute Gasteiger partial charge is 0.481 e. The molecule has 0 spiro atoms. The molecule has 0 aliphatic heterocycles. The first-order chi connectivity index (χ1) is 7.97. The van der Waals surface area contributed by atoms with Crippen LogP contribution in [0, 0.1) is 11.8 Å². The van der Waals surface area contributed by atoms with Gasteiger partial charge in [-0.2, -0.15) is 0 Å². The first kappa shape index (κ1) is 15.9. The Hall–Kier alpha value is -1.10. The maximum Gasteiger partial charge on any atom is 0.306 e. The second-order valence-electron chi connectivity index (χ2n) is 4.50. The number of carbonyl (C=O) groups is 2. The summed E-state index contributed by atoms with van der Waals surface area (Å²) in [4.78, 5) is 22.0. The van der Waals surface area contributed by atoms with Crippen LogP contribution >= 0.6 is 0 Å². The molecular formula is C12H23NO4. The summed E-state index contributed by atoms with van der Waals surface area (Å²) in [5.74, 6) is -0.931. The molecule has 1 amide bonds. The van der Waals surface area contributed by atoms with E-state index in [0.29, 0.717) is 32.4 Å². The minimum absolute atomic E-state index is 0.00229. The first-order valence-electron chi connectivity index (χ1n) is 5.95. The van der Waals surface area contributed by atoms with E-state index >= 15 is 0 Å². The summed E-state index contributed by atoms with van der Waals surface area (Å²) in [7, 11) is 1.61. The monoisotopic (exact) mass is 245 g/mol. The summed E-state index contributed by atoms with van der Waals surface area (Å²) in [6, 6.07) is 0. The van der Waals surface area contributed by atoms with E-state index in [9.17, 15) is 9.59 Å². The van der Waals surface area contributed by atoms with Crippen LogP contribution < -0.4 is 5.32 Å². The molecule has 0 rings (SSSR count). The summed E-state index contributed by atoms with van der Waals surface area (Å²) in [5.41, 5.74) is 0. The maximum absolute atomic E-state index is 11.4. The fourth-order valence-corrected chi connectivity index (χ4v) is 1.49. The Morgan fingerprint density at radius 2 is 2.00 bits per heavy atom. The minimum atomic E-state index is -0.787. The van der Waals surface area contributed by atoms with Gasteiger partial charge in [-0.3, -0.25) is 9.59 Å². The van der Waals surface area contributed by atoms with Crippen LogP contribution in [0.25, 0.3) is 0 Å². The summed E-state index contributed by atoms with van der Waals surface area (Å²) in [6.07, 6.45) is 1.73. The van der Waals surface area contributed by atoms with Crippen molar-refractivity contribution in [1.82, 2.24) is 5.32 Å². The molecule has 0 aromatic carbocycles. The van der Waals surface area contributed by atoms with Gasteiger partial charge < -0.3 is 15.2 Å². The van der Waals surface area contributed by atoms with Gasteiger partial charge in [0.1, 0.15) is 0 Å². The van der Waals surface area contributed by atoms with Crippen LogP contribution in [-0.4, -0.2) is 37.2 Å². The molecule has 0 aliphatic rings. The number of carboxylic acid groups (broad SMARTS) is 1. The Bertz CT molecular complexity index is 243. The smallest absolute Gasteiger partial charge is 0.306 e. The summed E-state index contributed by atoms with van der Waals surface area (Å²) in [5, 5.41) is 11.4. The number of hydrogen-bond donors (Lipinski definition) is 2. The number of hydrogen-bond acceptors (Lipinski definition) is 3. The van der Waals surface area contributed by atoms with Crippen molar-refractivity contribution in [3.63, 3.8) is 0 Å². The van der Waals surface area contributed by atoms with Gasteiger partial charge in [0, 0.05) is 26.7 Å². The van der Waals surface area contributed by atoms with E-state index in [1.54, 1.807) is 14.0 Å². The maximum atomic E-state index is 11.4. The summed E-state index contributed by atoms with van der Waals surface area (Å²) < 4.78 is 4.94. The molecule has 0 aliphatic carbocycles. The zero-order chi connectivity index (χ0) is 13.3. The lowest BCUT2D eigenvalue weighted by atomic mass is 10.1. The Morgan fingerprint density at radius 1 is 1.35 bits per heavy atom. The SMILES string of the molecule is COCC(C)CC(=O)NCCCC(C)C(=O)O. The predicted octanol–water partition coefficient (Wildman–Crippen LogP) is 1.28. The second kappa shape index (κ2) is 8.98. The molecular weight excluding hydrogens is 222 g/mol. The molecule has 100 valence electrons. The number of ether oxygens (including phenoxy) is 1. The molecule has 17 heavy (non-hydrogen) atoms. The standard InChI is InChI=1S/C12H23NO4/c1-9(8-17-3)7-11(14)13-6-4-5-10(2)12(15)16/h9-10H,4-8H2,1-3H3,(H,13,14)(H,15,16). The lowest BCUT2D eigenvalue weighted by Crippen LogP contribution is -2.27. The molecule has 0 radical (unpaired) electrons. The normalized spacial score (nSPS) is 14.1. The Morgan fingerprint density at radius 3 is 2.53 bits per heavy atom. The Kier molecular flexibility index (Phi) is 8.40. The van der Waals surface area contributed by atoms with Gasteiger partial charge >= 0.3 is 5.97 Å². The van der Waals surface area contributed by atoms with Gasteiger partial charge in [0.05, 0.1) is 5.92 Å². The van der Waals surface area contributed by atoms with Crippen LogP contribution in [0.3, 0.4) is 0 Å². The summed E-state index contributed by atoms with van der Waals surface area (Å²) in [6.45, 7) is 4.74. The Labute approximate surface area is 103 Å². The molecule has 0 saturated carbocycles. The predicted molar refractivity (Wildman–Crippen MR) is 64.7 cm³/mol. The van der Waals surface area contributed by atoms with E-state index < -0.39 is 5.97 Å². The molecule has 0 saturated heterocycles. The highest BCUT2D eigenvalue weighted by Gasteiger charge is 2.11. The number of amides is 1. The topological polar surface area (TPSA) is 75.6 Å². The molecule has 0 aromatic rings. The number of nitrogens with one attached hydrogen (secondary N) is 1. The Balaban J connectivity index is 3.55. The van der Waals surface area contributed by atoms with Crippen molar-refractivity contribution in [3.05, 3.63) is 0 Å². The number of carbonyl (C=O) groups excluding carboxylic acids is 1. The van der Waals surface area contributed by atoms with Crippen molar-refractivity contribution < 1.29 is 19.4 Å². The average Bonchev–Trinajstić information content (AvgIpc) is 2.24. The highest BCUT2D eigenvalue weighted by Crippen LogP contribution is 2.05. The average molecular weight is 245 g/mol. The van der Waals surface area contributed by atoms with Crippen molar-refractivity contribution in [2.75, 3.05) is 20.3 Å². The number of carboxylic acids is 1. The van der Waals surface area contributed by atoms with Crippen LogP contribution in [-0.2, 0) is 14.3 Å². The van der Waals surface area contributed by atoms with Crippen LogP contribution in [0.4, 0.5) is 0 Å². The number of methoxy groups -OCH3 is 1. The molecule has 0 fully saturated rings. The van der Waals surface area contributed by atoms with Gasteiger partial charge in [-0.05, 0) is 18.8 Å². The lowest BCUT2D eigenvalue weighted by molar-refractivity contribution is -0.141. The van der Waals surface area contributed by atoms with Crippen LogP contribution in [0.1, 0.15) is 33.1 Å². The van der Waals surface area contributed by atoms with E-state index in [2.05, 4.69) is 5.32 Å². The van der Waals surface area contributed by atoms with Crippen molar-refractivity contribution >= 4 is 11.9 Å². The molecule has 2 atom stereocenters. The third-order valence-corrected chi connectivity index (χ3v) is 2.54. The molecule has 5 nitrogen and oxygen atoms in total. The molecule has 5 heteroatoms. The van der Waals surface area contributed by atoms with Gasteiger partial charge in [-0.25, -0.2) is 0 Å². The van der Waals surface area contributed by atoms with E-state index in [1.165, 1.54) is 0 Å². The number of rotatable bonds is 9. The molecule has 0 aromatic heterocycles. The first-order valence-corrected chi connectivity index (χ1v) is 5.95. The highest BCUT2D eigenvalue weighted by molar-refractivity contribution is 5.76. The summed E-state index contributed by atoms with van der Waals surface area (Å²) >= 11 is 0. The van der Waals surface area contributed by atoms with Gasteiger partial charge in [-0.15, -0.1) is 0 Å². The van der Waals surface area contributed by atoms with Crippen molar-refractivity contribution in [2.24, 2.45) is 11.8 Å². The molecule has 2 unspecified atom stereocenters. The third-order valence-electron chi connectivity index (χ3n) is 2.54. The van der Waals surface area contributed by atoms with Gasteiger partial charge in [-0.1, -0.05) is 13.8 Å². The van der Waals surface area contributed by atoms with Crippen LogP contribution in [0.5, 0.6) is 0 Å². The highest BCUT2D eigenvalue weighted by atomic mass is 16.5. The number of aliphatic carboxylic acids is 1. The zero-order valence-electron chi connectivity index (χ0n) is 10.9. The fourth-order valence-electron chi connectivity index (χ4n) is 1.49. The van der Waals surface area contributed by atoms with E-state index in [-0.39, 0.29) is 17.7 Å². The third kappa shape index (κ3) is 8.68. The van der Waals surface area contributed by atoms with Crippen molar-refractivity contribution in [1.29, 1.82) is 0 Å². The van der Waals surface area contributed by atoms with Gasteiger partial charge in [0.25, 0.3) is 0 Å². The fraction of sp³-hybridized carbons (Fsp3) is 0.833. The lowest BCUT2D eigenvalue weighted by Gasteiger charge is -2.11. The van der Waals surface area contributed by atoms with Crippen molar-refractivity contribution in [3.8, 4) is 0 Å². The van der Waals surface area contributed by atoms with Crippen LogP contribution in [0.2, 0.25) is 0 Å². The van der Waals surface area contributed by atoms with E-state index in [0.717, 1.165) is 0 Å². The molecule has 0 bridgehead atoms. The second-order valence-corrected chi connectivity index (χ2v) is 4.50. The minimum Gasteiger partial charge on any atom is -0.481 e. The molecule has 0 heterocycles. The quantitative estimate of drug-likeness (QED) is 0.600. The van der Waals surface area contributed by atoms with E-state index in [4.69, 9.17) is 9.84 Å². The van der Waals surface area contributed by atoms with Crippen LogP contribution in [0.15, 0.2) is 0 Å². The zero-order valence-corrected chi connectivity index (χ0v) is 10.9. The molecule has 2 N–H and O–H groups in total. The van der Waals surface area contributed by atoms with Gasteiger partial charge in [0.15, 0.2) is 0 Å².